The fraction of sp³-hybridized carbons (Fsp3) is 0.567. The molecule has 1 saturated heterocycles. The molecule has 202 valence electrons. The summed E-state index contributed by atoms with van der Waals surface area (Å²) in [5.41, 5.74) is 4.32. The number of anilines is 1. The summed E-state index contributed by atoms with van der Waals surface area (Å²) in [5, 5.41) is 11.5. The third-order valence-corrected chi connectivity index (χ3v) is 7.19. The van der Waals surface area contributed by atoms with Gasteiger partial charge >= 0.3 is 0 Å². The zero-order chi connectivity index (χ0) is 27.1. The van der Waals surface area contributed by atoms with E-state index in [4.69, 9.17) is 9.84 Å². The Kier molecular flexibility index (Phi) is 9.95. The van der Waals surface area contributed by atoms with Crippen molar-refractivity contribution in [3.05, 3.63) is 41.3 Å². The lowest BCUT2D eigenvalue weighted by Gasteiger charge is -2.35. The van der Waals surface area contributed by atoms with Crippen LogP contribution < -0.4 is 9.64 Å². The molecule has 37 heavy (non-hydrogen) atoms. The number of piperidine rings is 1. The van der Waals surface area contributed by atoms with E-state index in [-0.39, 0.29) is 11.8 Å². The van der Waals surface area contributed by atoms with Gasteiger partial charge in [-0.05, 0) is 78.1 Å². The zero-order valence-corrected chi connectivity index (χ0v) is 24.1. The van der Waals surface area contributed by atoms with E-state index in [2.05, 4.69) is 54.4 Å². The maximum atomic E-state index is 13.2. The van der Waals surface area contributed by atoms with Crippen molar-refractivity contribution in [1.82, 2.24) is 19.7 Å². The summed E-state index contributed by atoms with van der Waals surface area (Å²) in [6, 6.07) is 8.23. The Bertz CT molecular complexity index is 1190. The van der Waals surface area contributed by atoms with E-state index in [0.29, 0.717) is 13.2 Å². The van der Waals surface area contributed by atoms with Crippen LogP contribution in [0.1, 0.15) is 71.0 Å². The summed E-state index contributed by atoms with van der Waals surface area (Å²) >= 11 is 0. The van der Waals surface area contributed by atoms with Crippen LogP contribution in [0.2, 0.25) is 0 Å². The minimum atomic E-state index is 0.00278. The van der Waals surface area contributed by atoms with E-state index in [9.17, 15) is 4.79 Å². The van der Waals surface area contributed by atoms with Crippen LogP contribution in [-0.2, 0) is 4.79 Å². The number of rotatable bonds is 8. The Hall–Kier alpha value is -3.09. The van der Waals surface area contributed by atoms with Crippen LogP contribution in [0.25, 0.3) is 16.5 Å². The first-order valence-corrected chi connectivity index (χ1v) is 14.0. The summed E-state index contributed by atoms with van der Waals surface area (Å²) in [7, 11) is 0. The number of fused-ring (bicyclic) bond motifs is 1. The second kappa shape index (κ2) is 12.9. The normalized spacial score (nSPS) is 15.4. The molecule has 3 heterocycles. The Morgan fingerprint density at radius 3 is 2.32 bits per heavy atom. The highest BCUT2D eigenvalue weighted by Crippen LogP contribution is 2.37. The van der Waals surface area contributed by atoms with Gasteiger partial charge in [0.25, 0.3) is 0 Å². The van der Waals surface area contributed by atoms with Gasteiger partial charge in [-0.25, -0.2) is 0 Å². The van der Waals surface area contributed by atoms with E-state index in [1.54, 1.807) is 0 Å². The summed E-state index contributed by atoms with van der Waals surface area (Å²) in [5.74, 6) is 2.04. The summed E-state index contributed by atoms with van der Waals surface area (Å²) in [6.07, 6.45) is 2.90. The molecule has 0 spiro atoms. The number of ether oxygens (including phenoxy) is 1. The van der Waals surface area contributed by atoms with Gasteiger partial charge in [-0.15, -0.1) is 5.10 Å². The first-order chi connectivity index (χ1) is 17.9. The van der Waals surface area contributed by atoms with Gasteiger partial charge < -0.3 is 19.1 Å². The third kappa shape index (κ3) is 5.76. The monoisotopic (exact) mass is 507 g/mol. The molecular formula is C30H45N5O2. The molecule has 1 aliphatic rings. The van der Waals surface area contributed by atoms with Gasteiger partial charge in [-0.1, -0.05) is 20.8 Å². The first kappa shape index (κ1) is 28.5. The number of amides is 1. The second-order valence-electron chi connectivity index (χ2n) is 9.50. The number of nitrogens with zero attached hydrogens (tertiary/aromatic N) is 5. The van der Waals surface area contributed by atoms with Gasteiger partial charge in [0.05, 0.1) is 18.2 Å². The van der Waals surface area contributed by atoms with Crippen LogP contribution in [-0.4, -0.2) is 58.4 Å². The van der Waals surface area contributed by atoms with Crippen LogP contribution in [0, 0.1) is 26.7 Å². The fourth-order valence-corrected chi connectivity index (χ4v) is 5.57. The smallest absolute Gasteiger partial charge is 0.227 e. The van der Waals surface area contributed by atoms with E-state index in [1.807, 2.05) is 44.7 Å². The van der Waals surface area contributed by atoms with Crippen molar-refractivity contribution >= 4 is 22.5 Å². The molecule has 1 aromatic carbocycles. The summed E-state index contributed by atoms with van der Waals surface area (Å²) in [4.78, 5) is 17.5. The number of hydrogen-bond donors (Lipinski definition) is 0. The minimum absolute atomic E-state index is 0.00278. The highest BCUT2D eigenvalue weighted by Gasteiger charge is 2.31. The number of hydrogen-bond acceptors (Lipinski definition) is 5. The SMILES string of the molecule is CC.CCCN(CC)C(=O)C1CCCN(c2nnc(C)c3c(C)n(-c4ccc(OCC)cc4)c(C)c23)C1. The van der Waals surface area contributed by atoms with Crippen molar-refractivity contribution in [2.24, 2.45) is 5.92 Å². The maximum absolute atomic E-state index is 13.2. The fourth-order valence-electron chi connectivity index (χ4n) is 5.57. The first-order valence-electron chi connectivity index (χ1n) is 14.0. The molecule has 1 atom stereocenters. The number of aromatic nitrogens is 3. The summed E-state index contributed by atoms with van der Waals surface area (Å²) < 4.78 is 7.92. The maximum Gasteiger partial charge on any atom is 0.227 e. The quantitative estimate of drug-likeness (QED) is 0.361. The van der Waals surface area contributed by atoms with Crippen LogP contribution in [0.5, 0.6) is 5.75 Å². The number of carbonyl (C=O) groups excluding carboxylic acids is 1. The average molecular weight is 508 g/mol. The molecule has 7 nitrogen and oxygen atoms in total. The highest BCUT2D eigenvalue weighted by molar-refractivity contribution is 5.99. The molecule has 7 heteroatoms. The topological polar surface area (TPSA) is 63.5 Å². The lowest BCUT2D eigenvalue weighted by Crippen LogP contribution is -2.45. The summed E-state index contributed by atoms with van der Waals surface area (Å²) in [6.45, 7) is 20.3. The van der Waals surface area contributed by atoms with Gasteiger partial charge in [-0.2, -0.15) is 5.10 Å². The lowest BCUT2D eigenvalue weighted by molar-refractivity contribution is -0.135. The van der Waals surface area contributed by atoms with E-state index >= 15 is 0 Å². The van der Waals surface area contributed by atoms with E-state index in [0.717, 1.165) is 84.0 Å². The highest BCUT2D eigenvalue weighted by atomic mass is 16.5. The van der Waals surface area contributed by atoms with Crippen molar-refractivity contribution in [2.45, 2.75) is 74.7 Å². The van der Waals surface area contributed by atoms with Crippen LogP contribution in [0.3, 0.4) is 0 Å². The van der Waals surface area contributed by atoms with Crippen molar-refractivity contribution < 1.29 is 9.53 Å². The molecule has 2 aromatic heterocycles. The Labute approximate surface area is 222 Å². The molecule has 0 aliphatic carbocycles. The predicted octanol–water partition coefficient (Wildman–Crippen LogP) is 6.25. The molecule has 0 N–H and O–H groups in total. The van der Waals surface area contributed by atoms with Crippen molar-refractivity contribution in [3.8, 4) is 11.4 Å². The molecule has 1 amide bonds. The molecule has 1 aliphatic heterocycles. The van der Waals surface area contributed by atoms with Crippen molar-refractivity contribution in [3.63, 3.8) is 0 Å². The van der Waals surface area contributed by atoms with E-state index in [1.165, 1.54) is 0 Å². The molecule has 4 rings (SSSR count). The Morgan fingerprint density at radius 1 is 1.03 bits per heavy atom. The number of benzene rings is 1. The minimum Gasteiger partial charge on any atom is -0.494 e. The molecule has 0 saturated carbocycles. The standard InChI is InChI=1S/C28H39N5O2.C2H6/c1-7-16-31(8-2)28(34)22-11-10-17-32(18-22)27-26-21(6)33(20(5)25(26)19(4)29-30-27)23-12-14-24(15-13-23)35-9-3;1-2/h12-15,22H,7-11,16-18H2,1-6H3;1-2H3. The number of aryl methyl sites for hydroxylation is 3. The lowest BCUT2D eigenvalue weighted by atomic mass is 9.96. The third-order valence-electron chi connectivity index (χ3n) is 7.19. The largest absolute Gasteiger partial charge is 0.494 e. The van der Waals surface area contributed by atoms with Gasteiger partial charge in [0.15, 0.2) is 5.82 Å². The van der Waals surface area contributed by atoms with Gasteiger partial charge in [0.1, 0.15) is 5.75 Å². The Morgan fingerprint density at radius 2 is 1.70 bits per heavy atom. The molecule has 1 unspecified atom stereocenters. The molecule has 3 aromatic rings. The van der Waals surface area contributed by atoms with Crippen LogP contribution in [0.15, 0.2) is 24.3 Å². The molecular weight excluding hydrogens is 462 g/mol. The van der Waals surface area contributed by atoms with Gasteiger partial charge in [0, 0.05) is 54.0 Å². The Balaban J connectivity index is 0.00000186. The van der Waals surface area contributed by atoms with Crippen LogP contribution >= 0.6 is 0 Å². The van der Waals surface area contributed by atoms with E-state index < -0.39 is 0 Å². The zero-order valence-electron chi connectivity index (χ0n) is 24.1. The number of carbonyl (C=O) groups is 1. The molecule has 0 bridgehead atoms. The molecule has 0 radical (unpaired) electrons. The average Bonchev–Trinajstić information content (AvgIpc) is 3.19. The van der Waals surface area contributed by atoms with Gasteiger partial charge in [-0.3, -0.25) is 4.79 Å². The van der Waals surface area contributed by atoms with Crippen LogP contribution in [0.4, 0.5) is 5.82 Å². The molecule has 1 fully saturated rings. The second-order valence-corrected chi connectivity index (χ2v) is 9.50. The van der Waals surface area contributed by atoms with Crippen molar-refractivity contribution in [2.75, 3.05) is 37.7 Å². The van der Waals surface area contributed by atoms with Gasteiger partial charge in [0.2, 0.25) is 5.91 Å². The van der Waals surface area contributed by atoms with Crippen molar-refractivity contribution in [1.29, 1.82) is 0 Å². The predicted molar refractivity (Wildman–Crippen MR) is 153 cm³/mol.